The third-order valence-electron chi connectivity index (χ3n) is 2.59. The Bertz CT molecular complexity index is 510. The second-order valence-corrected chi connectivity index (χ2v) is 4.75. The third-order valence-corrected chi connectivity index (χ3v) is 2.59. The summed E-state index contributed by atoms with van der Waals surface area (Å²) in [6.07, 6.45) is 2.15. The van der Waals surface area contributed by atoms with Crippen molar-refractivity contribution >= 4 is 11.5 Å². The van der Waals surface area contributed by atoms with Gasteiger partial charge in [-0.15, -0.1) is 0 Å². The number of hydrogen-bond donors (Lipinski definition) is 0. The SMILES string of the molecule is CCc1cccc(C(C#N)=CC(=O)OCC(C)C)c1. The summed E-state index contributed by atoms with van der Waals surface area (Å²) >= 11 is 0. The van der Waals surface area contributed by atoms with Crippen LogP contribution in [-0.2, 0) is 16.0 Å². The van der Waals surface area contributed by atoms with E-state index in [2.05, 4.69) is 0 Å². The minimum absolute atomic E-state index is 0.284. The standard InChI is InChI=1S/C16H19NO2/c1-4-13-6-5-7-14(8-13)15(10-17)9-16(18)19-11-12(2)3/h5-9,12H,4,11H2,1-3H3. The zero-order chi connectivity index (χ0) is 14.3. The molecule has 0 amide bonds. The van der Waals surface area contributed by atoms with E-state index in [9.17, 15) is 4.79 Å². The predicted molar refractivity (Wildman–Crippen MR) is 75.2 cm³/mol. The first-order valence-corrected chi connectivity index (χ1v) is 6.44. The van der Waals surface area contributed by atoms with E-state index in [1.54, 1.807) is 0 Å². The van der Waals surface area contributed by atoms with Crippen molar-refractivity contribution in [1.82, 2.24) is 0 Å². The lowest BCUT2D eigenvalue weighted by molar-refractivity contribution is -0.138. The van der Waals surface area contributed by atoms with Gasteiger partial charge < -0.3 is 4.74 Å². The zero-order valence-electron chi connectivity index (χ0n) is 11.6. The van der Waals surface area contributed by atoms with Crippen molar-refractivity contribution in [3.8, 4) is 6.07 Å². The van der Waals surface area contributed by atoms with Crippen molar-refractivity contribution in [1.29, 1.82) is 5.26 Å². The maximum atomic E-state index is 11.6. The lowest BCUT2D eigenvalue weighted by Gasteiger charge is -2.05. The lowest BCUT2D eigenvalue weighted by atomic mass is 10.0. The summed E-state index contributed by atoms with van der Waals surface area (Å²) in [6, 6.07) is 9.68. The van der Waals surface area contributed by atoms with Crippen molar-refractivity contribution < 1.29 is 9.53 Å². The van der Waals surface area contributed by atoms with Crippen LogP contribution in [0.1, 0.15) is 31.9 Å². The van der Waals surface area contributed by atoms with E-state index in [4.69, 9.17) is 10.00 Å². The molecule has 0 spiro atoms. The Morgan fingerprint density at radius 3 is 2.79 bits per heavy atom. The van der Waals surface area contributed by atoms with E-state index < -0.39 is 5.97 Å². The average molecular weight is 257 g/mol. The Hall–Kier alpha value is -2.08. The molecule has 1 rings (SSSR count). The molecule has 0 saturated heterocycles. The molecule has 100 valence electrons. The fourth-order valence-corrected chi connectivity index (χ4v) is 1.55. The number of esters is 1. The Morgan fingerprint density at radius 2 is 2.21 bits per heavy atom. The molecule has 0 bridgehead atoms. The molecular formula is C16H19NO2. The molecular weight excluding hydrogens is 238 g/mol. The molecule has 0 aliphatic rings. The van der Waals surface area contributed by atoms with Crippen LogP contribution in [0.2, 0.25) is 0 Å². The Morgan fingerprint density at radius 1 is 1.47 bits per heavy atom. The number of rotatable bonds is 5. The number of aryl methyl sites for hydroxylation is 1. The largest absolute Gasteiger partial charge is 0.462 e. The average Bonchev–Trinajstić information content (AvgIpc) is 2.42. The molecule has 0 aromatic heterocycles. The van der Waals surface area contributed by atoms with Crippen LogP contribution >= 0.6 is 0 Å². The lowest BCUT2D eigenvalue weighted by Crippen LogP contribution is -2.07. The molecule has 0 heterocycles. The van der Waals surface area contributed by atoms with Gasteiger partial charge in [-0.25, -0.2) is 4.79 Å². The number of nitriles is 1. The number of hydrogen-bond acceptors (Lipinski definition) is 3. The number of carbonyl (C=O) groups excluding carboxylic acids is 1. The van der Waals surface area contributed by atoms with E-state index in [-0.39, 0.29) is 5.92 Å². The number of carbonyl (C=O) groups is 1. The third kappa shape index (κ3) is 4.97. The summed E-state index contributed by atoms with van der Waals surface area (Å²) in [4.78, 5) is 11.6. The fraction of sp³-hybridized carbons (Fsp3) is 0.375. The van der Waals surface area contributed by atoms with Crippen LogP contribution in [0.5, 0.6) is 0 Å². The van der Waals surface area contributed by atoms with Crippen molar-refractivity contribution in [2.75, 3.05) is 6.61 Å². The number of nitrogens with zero attached hydrogens (tertiary/aromatic N) is 1. The second kappa shape index (κ2) is 7.38. The van der Waals surface area contributed by atoms with Gasteiger partial charge in [-0.1, -0.05) is 45.0 Å². The predicted octanol–water partition coefficient (Wildman–Crippen LogP) is 3.36. The van der Waals surface area contributed by atoms with Gasteiger partial charge in [0.2, 0.25) is 0 Å². The Labute approximate surface area is 114 Å². The molecule has 1 aromatic rings. The van der Waals surface area contributed by atoms with Crippen LogP contribution in [0.3, 0.4) is 0 Å². The van der Waals surface area contributed by atoms with Crippen molar-refractivity contribution in [2.45, 2.75) is 27.2 Å². The molecule has 0 aliphatic carbocycles. The first-order chi connectivity index (χ1) is 9.06. The molecule has 3 nitrogen and oxygen atoms in total. The summed E-state index contributed by atoms with van der Waals surface area (Å²) in [6.45, 7) is 6.34. The van der Waals surface area contributed by atoms with Gasteiger partial charge in [0.15, 0.2) is 0 Å². The van der Waals surface area contributed by atoms with Crippen molar-refractivity contribution in [2.24, 2.45) is 5.92 Å². The molecule has 0 aliphatic heterocycles. The summed E-state index contributed by atoms with van der Waals surface area (Å²) in [5.41, 5.74) is 2.22. The topological polar surface area (TPSA) is 50.1 Å². The van der Waals surface area contributed by atoms with Gasteiger partial charge in [0.1, 0.15) is 6.07 Å². The second-order valence-electron chi connectivity index (χ2n) is 4.75. The van der Waals surface area contributed by atoms with Crippen LogP contribution in [0.4, 0.5) is 0 Å². The Balaban J connectivity index is 2.87. The summed E-state index contributed by atoms with van der Waals surface area (Å²) in [5.74, 6) is -0.182. The highest BCUT2D eigenvalue weighted by Crippen LogP contribution is 2.16. The maximum Gasteiger partial charge on any atom is 0.332 e. The molecule has 0 fully saturated rings. The molecule has 0 atom stereocenters. The van der Waals surface area contributed by atoms with Gasteiger partial charge in [-0.2, -0.15) is 5.26 Å². The van der Waals surface area contributed by atoms with Crippen LogP contribution in [0.15, 0.2) is 30.3 Å². The number of benzene rings is 1. The maximum absolute atomic E-state index is 11.6. The first kappa shape index (κ1) is 15.0. The van der Waals surface area contributed by atoms with Crippen LogP contribution in [0.25, 0.3) is 5.57 Å². The molecule has 1 aromatic carbocycles. The summed E-state index contributed by atoms with van der Waals surface area (Å²) in [5, 5.41) is 9.14. The van der Waals surface area contributed by atoms with E-state index in [0.29, 0.717) is 12.2 Å². The van der Waals surface area contributed by atoms with Crippen LogP contribution in [0, 0.1) is 17.2 Å². The van der Waals surface area contributed by atoms with Gasteiger partial charge in [-0.3, -0.25) is 0 Å². The quantitative estimate of drug-likeness (QED) is 0.461. The normalized spacial score (nSPS) is 11.2. The van der Waals surface area contributed by atoms with Gasteiger partial charge in [0.25, 0.3) is 0 Å². The van der Waals surface area contributed by atoms with Gasteiger partial charge in [0, 0.05) is 6.08 Å². The number of allylic oxidation sites excluding steroid dienone is 1. The smallest absolute Gasteiger partial charge is 0.332 e. The highest BCUT2D eigenvalue weighted by molar-refractivity contribution is 5.95. The van der Waals surface area contributed by atoms with E-state index >= 15 is 0 Å². The summed E-state index contributed by atoms with van der Waals surface area (Å²) in [7, 11) is 0. The summed E-state index contributed by atoms with van der Waals surface area (Å²) < 4.78 is 5.05. The van der Waals surface area contributed by atoms with Crippen LogP contribution < -0.4 is 0 Å². The van der Waals surface area contributed by atoms with Gasteiger partial charge in [0.05, 0.1) is 12.2 Å². The highest BCUT2D eigenvalue weighted by atomic mass is 16.5. The zero-order valence-corrected chi connectivity index (χ0v) is 11.6. The van der Waals surface area contributed by atoms with Crippen molar-refractivity contribution in [3.63, 3.8) is 0 Å². The van der Waals surface area contributed by atoms with E-state index in [1.807, 2.05) is 51.1 Å². The molecule has 0 saturated carbocycles. The monoisotopic (exact) mass is 257 g/mol. The molecule has 0 unspecified atom stereocenters. The Kier molecular flexibility index (Phi) is 5.81. The van der Waals surface area contributed by atoms with Gasteiger partial charge >= 0.3 is 5.97 Å². The molecule has 0 radical (unpaired) electrons. The molecule has 19 heavy (non-hydrogen) atoms. The van der Waals surface area contributed by atoms with E-state index in [1.165, 1.54) is 6.08 Å². The fourth-order valence-electron chi connectivity index (χ4n) is 1.55. The first-order valence-electron chi connectivity index (χ1n) is 6.44. The van der Waals surface area contributed by atoms with E-state index in [0.717, 1.165) is 17.5 Å². The minimum atomic E-state index is -0.466. The van der Waals surface area contributed by atoms with Crippen molar-refractivity contribution in [3.05, 3.63) is 41.5 Å². The molecule has 0 N–H and O–H groups in total. The van der Waals surface area contributed by atoms with Crippen LogP contribution in [-0.4, -0.2) is 12.6 Å². The van der Waals surface area contributed by atoms with Gasteiger partial charge in [-0.05, 0) is 23.5 Å². The minimum Gasteiger partial charge on any atom is -0.462 e. The number of ether oxygens (including phenoxy) is 1. The molecule has 3 heteroatoms. The highest BCUT2D eigenvalue weighted by Gasteiger charge is 2.06.